The Kier molecular flexibility index (Phi) is 3.35. The fraction of sp³-hybridized carbons (Fsp3) is 0.200. The largest absolute Gasteiger partial charge is 0.496 e. The summed E-state index contributed by atoms with van der Waals surface area (Å²) in [6.07, 6.45) is 7.25. The third-order valence-corrected chi connectivity index (χ3v) is 3.40. The molecule has 0 fully saturated rings. The zero-order chi connectivity index (χ0) is 13.9. The Morgan fingerprint density at radius 3 is 2.85 bits per heavy atom. The first kappa shape index (κ1) is 12.6. The van der Waals surface area contributed by atoms with E-state index < -0.39 is 0 Å². The summed E-state index contributed by atoms with van der Waals surface area (Å²) in [7, 11) is 3.61. The van der Waals surface area contributed by atoms with Gasteiger partial charge in [-0.05, 0) is 13.1 Å². The van der Waals surface area contributed by atoms with Crippen molar-refractivity contribution in [3.8, 4) is 5.75 Å². The quantitative estimate of drug-likeness (QED) is 0.787. The van der Waals surface area contributed by atoms with Crippen LogP contribution in [0.4, 0.5) is 0 Å². The molecule has 5 heteroatoms. The molecular formula is C15H16N4O. The summed E-state index contributed by atoms with van der Waals surface area (Å²) in [5.41, 5.74) is 3.14. The van der Waals surface area contributed by atoms with Gasteiger partial charge >= 0.3 is 0 Å². The molecule has 0 amide bonds. The number of methoxy groups -OCH3 is 1. The molecule has 0 bridgehead atoms. The Morgan fingerprint density at radius 2 is 2.05 bits per heavy atom. The van der Waals surface area contributed by atoms with Crippen molar-refractivity contribution in [2.24, 2.45) is 0 Å². The average molecular weight is 268 g/mol. The Balaban J connectivity index is 2.14. The summed E-state index contributed by atoms with van der Waals surface area (Å²) in [6.45, 7) is 0. The Labute approximate surface area is 117 Å². The lowest BCUT2D eigenvalue weighted by Gasteiger charge is -2.18. The van der Waals surface area contributed by atoms with E-state index in [0.717, 1.165) is 22.4 Å². The molecule has 0 aliphatic heterocycles. The molecule has 2 aromatic heterocycles. The number of hydrogen-bond acceptors (Lipinski definition) is 4. The van der Waals surface area contributed by atoms with Crippen LogP contribution in [0.5, 0.6) is 5.75 Å². The van der Waals surface area contributed by atoms with Crippen molar-refractivity contribution in [1.82, 2.24) is 19.9 Å². The van der Waals surface area contributed by atoms with Crippen molar-refractivity contribution in [2.45, 2.75) is 6.04 Å². The second-order valence-corrected chi connectivity index (χ2v) is 4.47. The first-order valence-electron chi connectivity index (χ1n) is 6.42. The van der Waals surface area contributed by atoms with Crippen molar-refractivity contribution in [1.29, 1.82) is 0 Å². The van der Waals surface area contributed by atoms with Gasteiger partial charge in [-0.3, -0.25) is 4.98 Å². The number of rotatable bonds is 4. The Bertz CT molecular complexity index is 722. The van der Waals surface area contributed by atoms with Crippen LogP contribution in [0, 0.1) is 0 Å². The van der Waals surface area contributed by atoms with E-state index in [1.54, 1.807) is 13.3 Å². The molecule has 102 valence electrons. The number of fused-ring (bicyclic) bond motifs is 1. The van der Waals surface area contributed by atoms with E-state index in [9.17, 15) is 0 Å². The van der Waals surface area contributed by atoms with E-state index in [2.05, 4.69) is 21.5 Å². The molecule has 5 nitrogen and oxygen atoms in total. The van der Waals surface area contributed by atoms with Gasteiger partial charge in [0, 0.05) is 23.5 Å². The van der Waals surface area contributed by atoms with Gasteiger partial charge in [0.15, 0.2) is 0 Å². The van der Waals surface area contributed by atoms with Crippen molar-refractivity contribution < 1.29 is 4.74 Å². The minimum Gasteiger partial charge on any atom is -0.496 e. The van der Waals surface area contributed by atoms with Gasteiger partial charge in [-0.1, -0.05) is 18.2 Å². The zero-order valence-electron chi connectivity index (χ0n) is 11.4. The van der Waals surface area contributed by atoms with Crippen LogP contribution in [-0.2, 0) is 0 Å². The predicted molar refractivity (Wildman–Crippen MR) is 76.9 cm³/mol. The number of aromatic nitrogens is 3. The van der Waals surface area contributed by atoms with Gasteiger partial charge in [0.05, 0.1) is 31.1 Å². The molecule has 2 heterocycles. The zero-order valence-corrected chi connectivity index (χ0v) is 11.4. The molecule has 3 aromatic rings. The highest BCUT2D eigenvalue weighted by Gasteiger charge is 2.19. The van der Waals surface area contributed by atoms with Crippen molar-refractivity contribution >= 4 is 5.52 Å². The van der Waals surface area contributed by atoms with E-state index in [-0.39, 0.29) is 6.04 Å². The van der Waals surface area contributed by atoms with Crippen molar-refractivity contribution in [3.63, 3.8) is 0 Å². The standard InChI is InChI=1S/C15H16N4O/c1-16-15(11-5-3-4-6-14(11)20-2)12-9-18-19-8-7-17-10-13(12)19/h3-10,15-16H,1-2H3. The van der Waals surface area contributed by atoms with Crippen LogP contribution in [0.3, 0.4) is 0 Å². The highest BCUT2D eigenvalue weighted by atomic mass is 16.5. The fourth-order valence-corrected chi connectivity index (χ4v) is 2.46. The molecule has 1 atom stereocenters. The smallest absolute Gasteiger partial charge is 0.123 e. The number of para-hydroxylation sites is 1. The molecule has 1 unspecified atom stereocenters. The van der Waals surface area contributed by atoms with Crippen LogP contribution in [0.2, 0.25) is 0 Å². The molecule has 0 saturated heterocycles. The van der Waals surface area contributed by atoms with Gasteiger partial charge in [-0.2, -0.15) is 5.10 Å². The molecule has 0 aliphatic carbocycles. The third-order valence-electron chi connectivity index (χ3n) is 3.40. The van der Waals surface area contributed by atoms with Crippen LogP contribution < -0.4 is 10.1 Å². The molecule has 0 saturated carbocycles. The molecule has 0 spiro atoms. The van der Waals surface area contributed by atoms with Gasteiger partial charge < -0.3 is 10.1 Å². The molecule has 1 N–H and O–H groups in total. The SMILES string of the molecule is CNC(c1ccccc1OC)c1cnn2ccncc12. The highest BCUT2D eigenvalue weighted by Crippen LogP contribution is 2.31. The van der Waals surface area contributed by atoms with E-state index in [1.165, 1.54) is 0 Å². The van der Waals surface area contributed by atoms with E-state index in [4.69, 9.17) is 4.74 Å². The number of nitrogens with one attached hydrogen (secondary N) is 1. The normalized spacial score (nSPS) is 12.5. The maximum Gasteiger partial charge on any atom is 0.123 e. The second-order valence-electron chi connectivity index (χ2n) is 4.47. The third kappa shape index (κ3) is 2.02. The van der Waals surface area contributed by atoms with Gasteiger partial charge in [0.2, 0.25) is 0 Å². The Hall–Kier alpha value is -2.40. The Morgan fingerprint density at radius 1 is 1.20 bits per heavy atom. The summed E-state index contributed by atoms with van der Waals surface area (Å²) in [4.78, 5) is 4.18. The van der Waals surface area contributed by atoms with Crippen LogP contribution in [0.15, 0.2) is 49.1 Å². The lowest BCUT2D eigenvalue weighted by molar-refractivity contribution is 0.405. The molecular weight excluding hydrogens is 252 g/mol. The summed E-state index contributed by atoms with van der Waals surface area (Å²) in [5.74, 6) is 0.857. The van der Waals surface area contributed by atoms with Crippen molar-refractivity contribution in [2.75, 3.05) is 14.2 Å². The maximum absolute atomic E-state index is 5.46. The summed E-state index contributed by atoms with van der Waals surface area (Å²) in [6, 6.07) is 8.00. The first-order valence-corrected chi connectivity index (χ1v) is 6.42. The average Bonchev–Trinajstić information content (AvgIpc) is 2.93. The van der Waals surface area contributed by atoms with Crippen LogP contribution in [0.25, 0.3) is 5.52 Å². The van der Waals surface area contributed by atoms with Gasteiger partial charge in [-0.15, -0.1) is 0 Å². The van der Waals surface area contributed by atoms with Crippen LogP contribution in [-0.4, -0.2) is 28.8 Å². The van der Waals surface area contributed by atoms with Crippen LogP contribution in [0.1, 0.15) is 17.2 Å². The summed E-state index contributed by atoms with van der Waals surface area (Å²) < 4.78 is 7.28. The van der Waals surface area contributed by atoms with E-state index in [0.29, 0.717) is 0 Å². The van der Waals surface area contributed by atoms with Crippen LogP contribution >= 0.6 is 0 Å². The first-order chi connectivity index (χ1) is 9.85. The highest BCUT2D eigenvalue weighted by molar-refractivity contribution is 5.57. The monoisotopic (exact) mass is 268 g/mol. The van der Waals surface area contributed by atoms with E-state index >= 15 is 0 Å². The molecule has 1 aromatic carbocycles. The number of hydrogen-bond donors (Lipinski definition) is 1. The summed E-state index contributed by atoms with van der Waals surface area (Å²) in [5, 5.41) is 7.69. The molecule has 20 heavy (non-hydrogen) atoms. The van der Waals surface area contributed by atoms with Gasteiger partial charge in [0.25, 0.3) is 0 Å². The van der Waals surface area contributed by atoms with E-state index in [1.807, 2.05) is 48.4 Å². The minimum absolute atomic E-state index is 0.00727. The minimum atomic E-state index is 0.00727. The lowest BCUT2D eigenvalue weighted by Crippen LogP contribution is -2.18. The maximum atomic E-state index is 5.46. The lowest BCUT2D eigenvalue weighted by atomic mass is 9.99. The number of ether oxygens (including phenoxy) is 1. The number of benzene rings is 1. The predicted octanol–water partition coefficient (Wildman–Crippen LogP) is 2.05. The van der Waals surface area contributed by atoms with Gasteiger partial charge in [-0.25, -0.2) is 4.52 Å². The van der Waals surface area contributed by atoms with Crippen molar-refractivity contribution in [3.05, 3.63) is 60.2 Å². The molecule has 0 aliphatic rings. The molecule has 3 rings (SSSR count). The topological polar surface area (TPSA) is 51.5 Å². The summed E-state index contributed by atoms with van der Waals surface area (Å²) >= 11 is 0. The van der Waals surface area contributed by atoms with Gasteiger partial charge in [0.1, 0.15) is 5.75 Å². The fourth-order valence-electron chi connectivity index (χ4n) is 2.46. The number of nitrogens with zero attached hydrogens (tertiary/aromatic N) is 3. The molecule has 0 radical (unpaired) electrons. The second kappa shape index (κ2) is 5.30.